The molecular weight excluding hydrogens is 238 g/mol. The molecule has 0 saturated carbocycles. The molecule has 1 aromatic rings. The Morgan fingerprint density at radius 3 is 3.06 bits per heavy atom. The number of benzene rings is 1. The van der Waals surface area contributed by atoms with Gasteiger partial charge in [0.15, 0.2) is 6.10 Å². The average molecular weight is 252 g/mol. The van der Waals surface area contributed by atoms with E-state index in [1.54, 1.807) is 6.08 Å². The third-order valence-electron chi connectivity index (χ3n) is 2.59. The van der Waals surface area contributed by atoms with E-state index < -0.39 is 6.10 Å². The maximum Gasteiger partial charge on any atom is 0.261 e. The monoisotopic (exact) mass is 251 g/mol. The number of fused-ring (bicyclic) bond motifs is 1. The largest absolute Gasteiger partial charge is 0.480 e. The zero-order chi connectivity index (χ0) is 12.1. The van der Waals surface area contributed by atoms with Crippen molar-refractivity contribution in [2.24, 2.45) is 0 Å². The summed E-state index contributed by atoms with van der Waals surface area (Å²) in [5, 5.41) is 2.78. The zero-order valence-electron chi connectivity index (χ0n) is 9.36. The quantitative estimate of drug-likeness (QED) is 0.656. The lowest BCUT2D eigenvalue weighted by atomic mass is 10.1. The molecule has 2 rings (SSSR count). The Hall–Kier alpha value is -1.48. The molecule has 1 N–H and O–H groups in total. The minimum absolute atomic E-state index is 0.0829. The molecule has 90 valence electrons. The molecule has 17 heavy (non-hydrogen) atoms. The highest BCUT2D eigenvalue weighted by Crippen LogP contribution is 2.27. The minimum Gasteiger partial charge on any atom is -0.480 e. The summed E-state index contributed by atoms with van der Waals surface area (Å²) < 4.78 is 5.56. The molecule has 1 amide bonds. The Morgan fingerprint density at radius 2 is 2.29 bits per heavy atom. The van der Waals surface area contributed by atoms with E-state index in [1.807, 2.05) is 30.3 Å². The van der Waals surface area contributed by atoms with Crippen LogP contribution < -0.4 is 10.1 Å². The molecule has 1 unspecified atom stereocenters. The van der Waals surface area contributed by atoms with Crippen LogP contribution in [0.25, 0.3) is 0 Å². The molecule has 3 nitrogen and oxygen atoms in total. The van der Waals surface area contributed by atoms with Crippen LogP contribution in [0.2, 0.25) is 0 Å². The van der Waals surface area contributed by atoms with Crippen LogP contribution in [-0.2, 0) is 11.2 Å². The number of alkyl halides is 1. The second-order valence-electron chi connectivity index (χ2n) is 3.79. The van der Waals surface area contributed by atoms with Gasteiger partial charge in [-0.1, -0.05) is 30.4 Å². The molecule has 0 saturated heterocycles. The molecule has 4 heteroatoms. The second-order valence-corrected chi connectivity index (χ2v) is 4.10. The molecule has 1 aromatic carbocycles. The van der Waals surface area contributed by atoms with Crippen LogP contribution in [0, 0.1) is 0 Å². The van der Waals surface area contributed by atoms with Crippen LogP contribution in [-0.4, -0.2) is 24.4 Å². The fraction of sp³-hybridized carbons (Fsp3) is 0.308. The standard InChI is InChI=1S/C13H14ClNO2/c14-7-3-4-8-15-13(16)12-9-10-5-1-2-6-11(10)17-12/h1-6,12H,7-9H2,(H,15,16)/b4-3+. The van der Waals surface area contributed by atoms with Crippen LogP contribution in [0.1, 0.15) is 5.56 Å². The van der Waals surface area contributed by atoms with Gasteiger partial charge in [0.25, 0.3) is 5.91 Å². The molecule has 0 bridgehead atoms. The van der Waals surface area contributed by atoms with Crippen molar-refractivity contribution in [1.82, 2.24) is 5.32 Å². The van der Waals surface area contributed by atoms with Crippen LogP contribution in [0.5, 0.6) is 5.75 Å². The van der Waals surface area contributed by atoms with Gasteiger partial charge in [-0.3, -0.25) is 4.79 Å². The maximum absolute atomic E-state index is 11.8. The summed E-state index contributed by atoms with van der Waals surface area (Å²) >= 11 is 5.48. The number of carbonyl (C=O) groups is 1. The highest BCUT2D eigenvalue weighted by atomic mass is 35.5. The molecule has 0 aliphatic carbocycles. The lowest BCUT2D eigenvalue weighted by Crippen LogP contribution is -2.37. The van der Waals surface area contributed by atoms with Crippen molar-refractivity contribution in [2.45, 2.75) is 12.5 Å². The minimum atomic E-state index is -0.406. The highest BCUT2D eigenvalue weighted by molar-refractivity contribution is 6.18. The van der Waals surface area contributed by atoms with Crippen molar-refractivity contribution < 1.29 is 9.53 Å². The average Bonchev–Trinajstić information content (AvgIpc) is 2.78. The Balaban J connectivity index is 1.86. The van der Waals surface area contributed by atoms with Crippen LogP contribution in [0.15, 0.2) is 36.4 Å². The van der Waals surface area contributed by atoms with Crippen LogP contribution in [0.4, 0.5) is 0 Å². The van der Waals surface area contributed by atoms with Gasteiger partial charge in [-0.25, -0.2) is 0 Å². The Labute approximate surface area is 105 Å². The van der Waals surface area contributed by atoms with Gasteiger partial charge in [-0.2, -0.15) is 0 Å². The molecule has 1 atom stereocenters. The molecular formula is C13H14ClNO2. The summed E-state index contributed by atoms with van der Waals surface area (Å²) in [4.78, 5) is 11.8. The van der Waals surface area contributed by atoms with Crippen molar-refractivity contribution in [3.8, 4) is 5.75 Å². The summed E-state index contributed by atoms with van der Waals surface area (Å²) in [5.74, 6) is 1.19. The van der Waals surface area contributed by atoms with Crippen molar-refractivity contribution in [3.63, 3.8) is 0 Å². The third kappa shape index (κ3) is 3.01. The van der Waals surface area contributed by atoms with Crippen LogP contribution in [0.3, 0.4) is 0 Å². The summed E-state index contributed by atoms with van der Waals surface area (Å²) in [5.41, 5.74) is 1.09. The summed E-state index contributed by atoms with van der Waals surface area (Å²) in [6.45, 7) is 0.488. The number of nitrogens with one attached hydrogen (secondary N) is 1. The number of amides is 1. The van der Waals surface area contributed by atoms with Gasteiger partial charge in [0.1, 0.15) is 5.75 Å². The molecule has 1 aliphatic rings. The predicted octanol–water partition coefficient (Wildman–Crippen LogP) is 1.90. The lowest BCUT2D eigenvalue weighted by Gasteiger charge is -2.09. The Morgan fingerprint density at radius 1 is 1.47 bits per heavy atom. The number of para-hydroxylation sites is 1. The van der Waals surface area contributed by atoms with Crippen molar-refractivity contribution >= 4 is 17.5 Å². The Bertz CT molecular complexity index is 406. The van der Waals surface area contributed by atoms with Gasteiger partial charge < -0.3 is 10.1 Å². The number of halogens is 1. The van der Waals surface area contributed by atoms with Crippen LogP contribution >= 0.6 is 11.6 Å². The molecule has 0 spiro atoms. The SMILES string of the molecule is O=C(NC/C=C/CCl)C1Cc2ccccc2O1. The molecule has 0 aromatic heterocycles. The fourth-order valence-corrected chi connectivity index (χ4v) is 1.87. The lowest BCUT2D eigenvalue weighted by molar-refractivity contribution is -0.127. The van der Waals surface area contributed by atoms with E-state index in [-0.39, 0.29) is 5.91 Å². The van der Waals surface area contributed by atoms with E-state index in [0.717, 1.165) is 11.3 Å². The Kier molecular flexibility index (Phi) is 4.04. The summed E-state index contributed by atoms with van der Waals surface area (Å²) in [6.07, 6.45) is 3.86. The van der Waals surface area contributed by atoms with E-state index in [2.05, 4.69) is 5.32 Å². The number of rotatable bonds is 4. The predicted molar refractivity (Wildman–Crippen MR) is 67.4 cm³/mol. The van der Waals surface area contributed by atoms with E-state index in [0.29, 0.717) is 18.8 Å². The second kappa shape index (κ2) is 5.73. The first-order valence-corrected chi connectivity index (χ1v) is 6.08. The fourth-order valence-electron chi connectivity index (χ4n) is 1.75. The van der Waals surface area contributed by atoms with Gasteiger partial charge in [0, 0.05) is 18.8 Å². The highest BCUT2D eigenvalue weighted by Gasteiger charge is 2.28. The maximum atomic E-state index is 11.8. The van der Waals surface area contributed by atoms with E-state index >= 15 is 0 Å². The summed E-state index contributed by atoms with van der Waals surface area (Å²) in [6, 6.07) is 7.72. The first kappa shape index (κ1) is 12.0. The normalized spacial score (nSPS) is 17.8. The third-order valence-corrected chi connectivity index (χ3v) is 2.77. The van der Waals surface area contributed by atoms with E-state index in [4.69, 9.17) is 16.3 Å². The smallest absolute Gasteiger partial charge is 0.261 e. The zero-order valence-corrected chi connectivity index (χ0v) is 10.1. The van der Waals surface area contributed by atoms with E-state index in [1.165, 1.54) is 0 Å². The van der Waals surface area contributed by atoms with Gasteiger partial charge in [0.2, 0.25) is 0 Å². The number of carbonyl (C=O) groups excluding carboxylic acids is 1. The van der Waals surface area contributed by atoms with Gasteiger partial charge in [-0.15, -0.1) is 11.6 Å². The number of hydrogen-bond acceptors (Lipinski definition) is 2. The molecule has 1 heterocycles. The first-order valence-electron chi connectivity index (χ1n) is 5.54. The molecule has 0 radical (unpaired) electrons. The first-order chi connectivity index (χ1) is 8.31. The van der Waals surface area contributed by atoms with Gasteiger partial charge >= 0.3 is 0 Å². The van der Waals surface area contributed by atoms with Crippen molar-refractivity contribution in [2.75, 3.05) is 12.4 Å². The summed E-state index contributed by atoms with van der Waals surface area (Å²) in [7, 11) is 0. The topological polar surface area (TPSA) is 38.3 Å². The van der Waals surface area contributed by atoms with Gasteiger partial charge in [-0.05, 0) is 11.6 Å². The number of allylic oxidation sites excluding steroid dienone is 1. The number of ether oxygens (including phenoxy) is 1. The van der Waals surface area contributed by atoms with E-state index in [9.17, 15) is 4.79 Å². The van der Waals surface area contributed by atoms with Crippen molar-refractivity contribution in [1.29, 1.82) is 0 Å². The van der Waals surface area contributed by atoms with Gasteiger partial charge in [0.05, 0.1) is 0 Å². The van der Waals surface area contributed by atoms with Crippen molar-refractivity contribution in [3.05, 3.63) is 42.0 Å². The number of hydrogen-bond donors (Lipinski definition) is 1. The molecule has 0 fully saturated rings. The molecule has 1 aliphatic heterocycles.